The van der Waals surface area contributed by atoms with Gasteiger partial charge in [0, 0.05) is 6.42 Å². The van der Waals surface area contributed by atoms with E-state index in [4.69, 9.17) is 9.16 Å². The number of alkyl carbamates (subject to hydrolysis) is 1. The molecule has 0 unspecified atom stereocenters. The molecular formula is C20H41NO4Si. The topological polar surface area (TPSA) is 67.8 Å². The van der Waals surface area contributed by atoms with Gasteiger partial charge in [-0.25, -0.2) is 4.79 Å². The van der Waals surface area contributed by atoms with Crippen LogP contribution in [0.2, 0.25) is 18.1 Å². The van der Waals surface area contributed by atoms with Crippen molar-refractivity contribution in [1.29, 1.82) is 0 Å². The Morgan fingerprint density at radius 3 is 2.04 bits per heavy atom. The first-order chi connectivity index (χ1) is 11.5. The van der Waals surface area contributed by atoms with Crippen LogP contribution in [0.5, 0.6) is 0 Å². The van der Waals surface area contributed by atoms with E-state index in [-0.39, 0.29) is 35.3 Å². The molecule has 0 aliphatic heterocycles. The first kappa shape index (κ1) is 25.0. The number of carbonyl (C=O) groups excluding carboxylic acids is 1. The molecule has 0 radical (unpaired) electrons. The van der Waals surface area contributed by atoms with E-state index in [1.165, 1.54) is 0 Å². The van der Waals surface area contributed by atoms with Crippen molar-refractivity contribution in [2.24, 2.45) is 5.92 Å². The first-order valence-electron chi connectivity index (χ1n) is 9.54. The lowest BCUT2D eigenvalue weighted by molar-refractivity contribution is 0.0368. The molecule has 0 aromatic heterocycles. The van der Waals surface area contributed by atoms with Crippen LogP contribution in [0.15, 0.2) is 12.3 Å². The highest BCUT2D eigenvalue weighted by Crippen LogP contribution is 2.38. The van der Waals surface area contributed by atoms with Gasteiger partial charge in [0.1, 0.15) is 5.60 Å². The number of rotatable bonds is 8. The van der Waals surface area contributed by atoms with E-state index < -0.39 is 20.0 Å². The highest BCUT2D eigenvalue weighted by Gasteiger charge is 2.42. The molecule has 2 N–H and O–H groups in total. The molecule has 0 heterocycles. The Labute approximate surface area is 161 Å². The Hall–Kier alpha value is -1.01. The van der Waals surface area contributed by atoms with Crippen LogP contribution in [0.1, 0.15) is 68.2 Å². The normalized spacial score (nSPS) is 16.5. The molecular weight excluding hydrogens is 346 g/mol. The fraction of sp³-hybridized carbons (Fsp3) is 0.850. The van der Waals surface area contributed by atoms with Gasteiger partial charge >= 0.3 is 6.09 Å². The van der Waals surface area contributed by atoms with Crippen LogP contribution < -0.4 is 5.32 Å². The molecule has 0 aromatic carbocycles. The monoisotopic (exact) mass is 387 g/mol. The minimum atomic E-state index is -2.10. The Morgan fingerprint density at radius 2 is 1.69 bits per heavy atom. The second kappa shape index (κ2) is 9.26. The number of amides is 1. The summed E-state index contributed by atoms with van der Waals surface area (Å²) in [6.45, 7) is 24.1. The lowest BCUT2D eigenvalue weighted by Gasteiger charge is -2.42. The van der Waals surface area contributed by atoms with Crippen molar-refractivity contribution >= 4 is 14.4 Å². The number of nitrogens with one attached hydrogen (secondary N) is 1. The number of aliphatic hydroxyl groups excluding tert-OH is 1. The molecule has 6 heteroatoms. The molecule has 0 saturated carbocycles. The number of hydrogen-bond donors (Lipinski definition) is 2. The average molecular weight is 388 g/mol. The molecule has 0 fully saturated rings. The first-order valence-corrected chi connectivity index (χ1v) is 12.4. The van der Waals surface area contributed by atoms with Crippen molar-refractivity contribution in [3.8, 4) is 0 Å². The van der Waals surface area contributed by atoms with Crippen molar-refractivity contribution < 1.29 is 19.1 Å². The summed E-state index contributed by atoms with van der Waals surface area (Å²) in [5.41, 5.74) is -0.569. The maximum Gasteiger partial charge on any atom is 0.407 e. The highest BCUT2D eigenvalue weighted by atomic mass is 28.4. The van der Waals surface area contributed by atoms with E-state index in [1.807, 2.05) is 20.8 Å². The summed E-state index contributed by atoms with van der Waals surface area (Å²) in [5.74, 6) is 0.227. The smallest absolute Gasteiger partial charge is 0.407 e. The second-order valence-electron chi connectivity index (χ2n) is 9.74. The highest BCUT2D eigenvalue weighted by molar-refractivity contribution is 6.74. The van der Waals surface area contributed by atoms with E-state index in [9.17, 15) is 9.90 Å². The standard InChI is InChI=1S/C20H41NO4Si/c1-12-14(2)17(21-18(23)24-19(4,5)6)16(13-15(3)22)25-26(10,11)20(7,8)9/h14,16-17,22H,3,12-13H2,1-2,4-11H3,(H,21,23)/t14-,16-,17+/m0/s1. The Morgan fingerprint density at radius 1 is 1.19 bits per heavy atom. The van der Waals surface area contributed by atoms with Gasteiger partial charge in [0.25, 0.3) is 0 Å². The SMILES string of the molecule is C=C(O)C[C@H](O[Si](C)(C)C(C)(C)C)[C@H](NC(=O)OC(C)(C)C)[C@@H](C)CC. The predicted octanol–water partition coefficient (Wildman–Crippen LogP) is 5.78. The van der Waals surface area contributed by atoms with Gasteiger partial charge in [-0.15, -0.1) is 0 Å². The number of ether oxygens (including phenoxy) is 1. The van der Waals surface area contributed by atoms with Crippen LogP contribution in [0, 0.1) is 5.92 Å². The van der Waals surface area contributed by atoms with Crippen LogP contribution in [0.4, 0.5) is 4.79 Å². The summed E-state index contributed by atoms with van der Waals surface area (Å²) in [5, 5.41) is 12.9. The van der Waals surface area contributed by atoms with E-state index in [2.05, 4.69) is 59.6 Å². The van der Waals surface area contributed by atoms with E-state index in [0.717, 1.165) is 6.42 Å². The predicted molar refractivity (Wildman–Crippen MR) is 111 cm³/mol. The molecule has 0 aliphatic rings. The van der Waals surface area contributed by atoms with Crippen molar-refractivity contribution in [2.45, 2.75) is 104 Å². The zero-order chi connectivity index (χ0) is 20.9. The maximum atomic E-state index is 12.4. The molecule has 0 aliphatic carbocycles. The molecule has 1 amide bonds. The fourth-order valence-corrected chi connectivity index (χ4v) is 3.67. The van der Waals surface area contributed by atoms with Gasteiger partial charge in [0.2, 0.25) is 0 Å². The third-order valence-electron chi connectivity index (χ3n) is 5.03. The Balaban J connectivity index is 5.62. The summed E-state index contributed by atoms with van der Waals surface area (Å²) in [7, 11) is -2.10. The summed E-state index contributed by atoms with van der Waals surface area (Å²) in [6, 6.07) is -0.270. The molecule has 0 spiro atoms. The van der Waals surface area contributed by atoms with Gasteiger partial charge in [0.05, 0.1) is 17.9 Å². The van der Waals surface area contributed by atoms with Crippen molar-refractivity contribution in [2.75, 3.05) is 0 Å². The minimum Gasteiger partial charge on any atom is -0.513 e. The van der Waals surface area contributed by atoms with Gasteiger partial charge in [0.15, 0.2) is 8.32 Å². The third-order valence-corrected chi connectivity index (χ3v) is 9.53. The van der Waals surface area contributed by atoms with Crippen molar-refractivity contribution in [1.82, 2.24) is 5.32 Å². The van der Waals surface area contributed by atoms with Gasteiger partial charge in [-0.2, -0.15) is 0 Å². The van der Waals surface area contributed by atoms with Gasteiger partial charge < -0.3 is 19.6 Å². The maximum absolute atomic E-state index is 12.4. The average Bonchev–Trinajstić information content (AvgIpc) is 2.39. The van der Waals surface area contributed by atoms with Gasteiger partial charge in [-0.1, -0.05) is 47.6 Å². The van der Waals surface area contributed by atoms with Crippen LogP contribution in [0.25, 0.3) is 0 Å². The molecule has 0 saturated heterocycles. The van der Waals surface area contributed by atoms with E-state index in [0.29, 0.717) is 0 Å². The zero-order valence-electron chi connectivity index (χ0n) is 18.5. The lowest BCUT2D eigenvalue weighted by Crippen LogP contribution is -2.54. The van der Waals surface area contributed by atoms with Crippen LogP contribution >= 0.6 is 0 Å². The number of carbonyl (C=O) groups is 1. The summed E-state index contributed by atoms with van der Waals surface area (Å²) in [6.07, 6.45) is 0.346. The molecule has 0 bridgehead atoms. The quantitative estimate of drug-likeness (QED) is 0.409. The Bertz CT molecular complexity index is 477. The molecule has 26 heavy (non-hydrogen) atoms. The second-order valence-corrected chi connectivity index (χ2v) is 14.5. The minimum absolute atomic E-state index is 0.0218. The number of hydrogen-bond acceptors (Lipinski definition) is 4. The molecule has 0 aromatic rings. The van der Waals surface area contributed by atoms with Gasteiger partial charge in [-0.3, -0.25) is 0 Å². The van der Waals surface area contributed by atoms with Crippen LogP contribution in [-0.4, -0.2) is 37.3 Å². The Kier molecular flexibility index (Phi) is 8.90. The summed E-state index contributed by atoms with van der Waals surface area (Å²) >= 11 is 0. The molecule has 0 rings (SSSR count). The zero-order valence-corrected chi connectivity index (χ0v) is 19.5. The third kappa shape index (κ3) is 8.58. The molecule has 154 valence electrons. The number of aliphatic hydroxyl groups is 1. The van der Waals surface area contributed by atoms with Crippen molar-refractivity contribution in [3.05, 3.63) is 12.3 Å². The summed E-state index contributed by atoms with van der Waals surface area (Å²) < 4.78 is 12.0. The fourth-order valence-electron chi connectivity index (χ4n) is 2.33. The van der Waals surface area contributed by atoms with E-state index >= 15 is 0 Å². The van der Waals surface area contributed by atoms with E-state index in [1.54, 1.807) is 0 Å². The summed E-state index contributed by atoms with van der Waals surface area (Å²) in [4.78, 5) is 12.4. The van der Waals surface area contributed by atoms with Crippen LogP contribution in [-0.2, 0) is 9.16 Å². The lowest BCUT2D eigenvalue weighted by atomic mass is 9.92. The van der Waals surface area contributed by atoms with Crippen LogP contribution in [0.3, 0.4) is 0 Å². The molecule has 5 nitrogen and oxygen atoms in total. The van der Waals surface area contributed by atoms with Crippen molar-refractivity contribution in [3.63, 3.8) is 0 Å². The molecule has 3 atom stereocenters. The van der Waals surface area contributed by atoms with Gasteiger partial charge in [-0.05, 0) is 44.8 Å². The largest absolute Gasteiger partial charge is 0.513 e.